The molecule has 1 N–H and O–H groups in total. The number of ether oxygens (including phenoxy) is 1. The van der Waals surface area contributed by atoms with Crippen LogP contribution in [0.3, 0.4) is 0 Å². The van der Waals surface area contributed by atoms with Crippen LogP contribution in [-0.4, -0.2) is 17.0 Å². The summed E-state index contributed by atoms with van der Waals surface area (Å²) in [7, 11) is 0. The number of para-hydroxylation sites is 1. The molecule has 0 aliphatic carbocycles. The van der Waals surface area contributed by atoms with Crippen molar-refractivity contribution in [3.63, 3.8) is 0 Å². The molecule has 2 atom stereocenters. The summed E-state index contributed by atoms with van der Waals surface area (Å²) in [6, 6.07) is 15.1. The third kappa shape index (κ3) is 2.54. The molecular weight excluding hydrogens is 304 g/mol. The Balaban J connectivity index is 1.52. The fourth-order valence-corrected chi connectivity index (χ4v) is 2.96. The number of fused-ring (bicyclic) bond motifs is 1. The molecule has 1 aromatic heterocycles. The van der Waals surface area contributed by atoms with Gasteiger partial charge in [-0.3, -0.25) is 4.79 Å². The van der Waals surface area contributed by atoms with E-state index in [9.17, 15) is 4.79 Å². The topological polar surface area (TPSA) is 64.4 Å². The first-order valence-electron chi connectivity index (χ1n) is 7.79. The second kappa shape index (κ2) is 5.85. The molecule has 2 aromatic carbocycles. The minimum Gasteiger partial charge on any atom is -0.480 e. The Labute approximate surface area is 139 Å². The number of carbonyl (C=O) groups excluding carboxylic acids is 1. The quantitative estimate of drug-likeness (QED) is 0.796. The normalized spacial score (nSPS) is 18.7. The molecule has 120 valence electrons. The van der Waals surface area contributed by atoms with Crippen LogP contribution in [0.15, 0.2) is 65.4 Å². The summed E-state index contributed by atoms with van der Waals surface area (Å²) in [4.78, 5) is 16.7. The number of nitrogens with one attached hydrogen (secondary N) is 1. The van der Waals surface area contributed by atoms with E-state index in [0.717, 1.165) is 16.9 Å². The smallest absolute Gasteiger partial charge is 0.266 e. The molecule has 2 heterocycles. The van der Waals surface area contributed by atoms with Gasteiger partial charge in [0.2, 0.25) is 5.89 Å². The van der Waals surface area contributed by atoms with Gasteiger partial charge >= 0.3 is 0 Å². The molecule has 0 saturated carbocycles. The molecule has 0 unspecified atom stereocenters. The van der Waals surface area contributed by atoms with Crippen LogP contribution in [0.5, 0.6) is 5.75 Å². The average molecular weight is 320 g/mol. The van der Waals surface area contributed by atoms with Crippen LogP contribution >= 0.6 is 0 Å². The van der Waals surface area contributed by atoms with Gasteiger partial charge in [0.1, 0.15) is 12.0 Å². The maximum absolute atomic E-state index is 12.6. The Morgan fingerprint density at radius 2 is 2.04 bits per heavy atom. The predicted octanol–water partition coefficient (Wildman–Crippen LogP) is 3.84. The number of aromatic nitrogens is 1. The monoisotopic (exact) mass is 320 g/mol. The van der Waals surface area contributed by atoms with Crippen molar-refractivity contribution in [2.45, 2.75) is 18.9 Å². The Kier molecular flexibility index (Phi) is 3.54. The van der Waals surface area contributed by atoms with Crippen molar-refractivity contribution in [3.8, 4) is 17.2 Å². The maximum atomic E-state index is 12.6. The first-order valence-corrected chi connectivity index (χ1v) is 7.79. The summed E-state index contributed by atoms with van der Waals surface area (Å²) < 4.78 is 11.1. The van der Waals surface area contributed by atoms with Gasteiger partial charge < -0.3 is 14.5 Å². The van der Waals surface area contributed by atoms with Crippen molar-refractivity contribution in [2.24, 2.45) is 0 Å². The van der Waals surface area contributed by atoms with E-state index in [0.29, 0.717) is 11.6 Å². The Hall–Kier alpha value is -3.08. The predicted molar refractivity (Wildman–Crippen MR) is 89.8 cm³/mol. The fraction of sp³-hybridized carbons (Fsp3) is 0.158. The molecule has 0 saturated heterocycles. The third-order valence-corrected chi connectivity index (χ3v) is 4.19. The number of carbonyl (C=O) groups is 1. The second-order valence-electron chi connectivity index (χ2n) is 5.77. The van der Waals surface area contributed by atoms with Gasteiger partial charge in [-0.15, -0.1) is 0 Å². The molecule has 1 amide bonds. The Morgan fingerprint density at radius 1 is 1.17 bits per heavy atom. The summed E-state index contributed by atoms with van der Waals surface area (Å²) in [6.07, 6.45) is 2.57. The van der Waals surface area contributed by atoms with Gasteiger partial charge in [-0.25, -0.2) is 4.98 Å². The van der Waals surface area contributed by atoms with Crippen molar-refractivity contribution in [1.29, 1.82) is 0 Å². The minimum atomic E-state index is -0.534. The molecule has 0 fully saturated rings. The Morgan fingerprint density at radius 3 is 2.83 bits per heavy atom. The third-order valence-electron chi connectivity index (χ3n) is 4.19. The number of hydrogen-bond donors (Lipinski definition) is 1. The fourth-order valence-electron chi connectivity index (χ4n) is 2.96. The minimum absolute atomic E-state index is 0.0103. The largest absolute Gasteiger partial charge is 0.480 e. The molecule has 0 bridgehead atoms. The van der Waals surface area contributed by atoms with E-state index in [4.69, 9.17) is 9.15 Å². The number of rotatable bonds is 3. The van der Waals surface area contributed by atoms with Gasteiger partial charge in [-0.2, -0.15) is 0 Å². The second-order valence-corrected chi connectivity index (χ2v) is 5.77. The highest BCUT2D eigenvalue weighted by molar-refractivity contribution is 5.96. The standard InChI is InChI=1S/C19H16N2O3/c1-12-15-7-2-3-8-16(15)24-17(12)18(22)21-14-6-4-5-13(11-14)19-20-9-10-23-19/h2-12,17H,1H3,(H,21,22)/t12-,17+/m0/s1. The molecular formula is C19H16N2O3. The van der Waals surface area contributed by atoms with Crippen molar-refractivity contribution in [1.82, 2.24) is 4.98 Å². The zero-order valence-electron chi connectivity index (χ0n) is 13.1. The lowest BCUT2D eigenvalue weighted by molar-refractivity contribution is -0.122. The first kappa shape index (κ1) is 14.5. The van der Waals surface area contributed by atoms with Crippen molar-refractivity contribution >= 4 is 11.6 Å². The number of anilines is 1. The molecule has 0 radical (unpaired) electrons. The summed E-state index contributed by atoms with van der Waals surface area (Å²) in [5, 5.41) is 2.92. The van der Waals surface area contributed by atoms with E-state index in [-0.39, 0.29) is 11.8 Å². The number of oxazole rings is 1. The molecule has 4 rings (SSSR count). The first-order chi connectivity index (χ1) is 11.7. The number of nitrogens with zero attached hydrogens (tertiary/aromatic N) is 1. The zero-order valence-corrected chi connectivity index (χ0v) is 13.1. The van der Waals surface area contributed by atoms with Gasteiger partial charge in [0, 0.05) is 22.7 Å². The van der Waals surface area contributed by atoms with Gasteiger partial charge in [-0.05, 0) is 24.3 Å². The molecule has 1 aliphatic heterocycles. The zero-order chi connectivity index (χ0) is 16.5. The lowest BCUT2D eigenvalue weighted by atomic mass is 9.97. The summed E-state index contributed by atoms with van der Waals surface area (Å²) in [5.74, 6) is 1.14. The average Bonchev–Trinajstić information content (AvgIpc) is 3.24. The maximum Gasteiger partial charge on any atom is 0.266 e. The number of hydrogen-bond acceptors (Lipinski definition) is 4. The van der Waals surface area contributed by atoms with Crippen LogP contribution in [0.4, 0.5) is 5.69 Å². The lowest BCUT2D eigenvalue weighted by Crippen LogP contribution is -2.33. The van der Waals surface area contributed by atoms with Gasteiger partial charge in [0.05, 0.1) is 6.20 Å². The van der Waals surface area contributed by atoms with Gasteiger partial charge in [0.25, 0.3) is 5.91 Å². The lowest BCUT2D eigenvalue weighted by Gasteiger charge is -2.15. The van der Waals surface area contributed by atoms with E-state index in [1.165, 1.54) is 6.26 Å². The van der Waals surface area contributed by atoms with E-state index >= 15 is 0 Å². The van der Waals surface area contributed by atoms with Crippen molar-refractivity contribution in [3.05, 3.63) is 66.6 Å². The summed E-state index contributed by atoms with van der Waals surface area (Å²) in [5.41, 5.74) is 2.55. The molecule has 3 aromatic rings. The molecule has 5 heteroatoms. The highest BCUT2D eigenvalue weighted by atomic mass is 16.5. The van der Waals surface area contributed by atoms with Gasteiger partial charge in [-0.1, -0.05) is 31.2 Å². The molecule has 24 heavy (non-hydrogen) atoms. The van der Waals surface area contributed by atoms with Gasteiger partial charge in [0.15, 0.2) is 6.10 Å². The van der Waals surface area contributed by atoms with E-state index in [1.807, 2.05) is 55.5 Å². The highest BCUT2D eigenvalue weighted by Crippen LogP contribution is 2.38. The van der Waals surface area contributed by atoms with Crippen LogP contribution in [0.25, 0.3) is 11.5 Å². The molecule has 5 nitrogen and oxygen atoms in total. The van der Waals surface area contributed by atoms with E-state index in [2.05, 4.69) is 10.3 Å². The van der Waals surface area contributed by atoms with Crippen LogP contribution in [0.2, 0.25) is 0 Å². The van der Waals surface area contributed by atoms with Crippen LogP contribution < -0.4 is 10.1 Å². The molecule has 1 aliphatic rings. The summed E-state index contributed by atoms with van der Waals surface area (Å²) >= 11 is 0. The van der Waals surface area contributed by atoms with Crippen LogP contribution in [0, 0.1) is 0 Å². The number of benzene rings is 2. The Bertz CT molecular complexity index is 874. The van der Waals surface area contributed by atoms with E-state index in [1.54, 1.807) is 6.20 Å². The summed E-state index contributed by atoms with van der Waals surface area (Å²) in [6.45, 7) is 2.00. The van der Waals surface area contributed by atoms with E-state index < -0.39 is 6.10 Å². The van der Waals surface area contributed by atoms with Crippen molar-refractivity contribution in [2.75, 3.05) is 5.32 Å². The highest BCUT2D eigenvalue weighted by Gasteiger charge is 2.36. The number of amides is 1. The van der Waals surface area contributed by atoms with Crippen molar-refractivity contribution < 1.29 is 13.9 Å². The van der Waals surface area contributed by atoms with Crippen LogP contribution in [-0.2, 0) is 4.79 Å². The molecule has 0 spiro atoms. The SMILES string of the molecule is C[C@H]1c2ccccc2O[C@H]1C(=O)Nc1cccc(-c2ncco2)c1. The van der Waals surface area contributed by atoms with Crippen LogP contribution in [0.1, 0.15) is 18.4 Å².